The lowest BCUT2D eigenvalue weighted by atomic mass is 10.1. The Morgan fingerprint density at radius 2 is 1.96 bits per heavy atom. The second-order valence-corrected chi connectivity index (χ2v) is 5.04. The Morgan fingerprint density at radius 1 is 1.21 bits per heavy atom. The number of nitro groups is 1. The van der Waals surface area contributed by atoms with E-state index in [1.165, 1.54) is 18.2 Å². The molecule has 0 aliphatic rings. The summed E-state index contributed by atoms with van der Waals surface area (Å²) < 4.78 is 0. The highest BCUT2D eigenvalue weighted by molar-refractivity contribution is 5.76. The molecule has 0 unspecified atom stereocenters. The number of nitrogens with one attached hydrogen (secondary N) is 2. The number of carbonyl (C=O) groups excluding carboxylic acids is 1. The van der Waals surface area contributed by atoms with E-state index in [-0.39, 0.29) is 23.6 Å². The number of nitriles is 1. The maximum atomic E-state index is 11.8. The molecule has 0 bridgehead atoms. The van der Waals surface area contributed by atoms with Gasteiger partial charge in [0.05, 0.1) is 16.2 Å². The summed E-state index contributed by atoms with van der Waals surface area (Å²) in [5.74, 6) is -0.119. The maximum Gasteiger partial charge on any atom is 0.270 e. The minimum Gasteiger partial charge on any atom is -0.383 e. The van der Waals surface area contributed by atoms with Crippen molar-refractivity contribution in [1.82, 2.24) is 5.32 Å². The Bertz CT molecular complexity index is 769. The third kappa shape index (κ3) is 4.81. The van der Waals surface area contributed by atoms with E-state index in [0.717, 1.165) is 5.56 Å². The number of nitro benzene ring substituents is 1. The average molecular weight is 324 g/mol. The van der Waals surface area contributed by atoms with Crippen LogP contribution in [0, 0.1) is 21.4 Å². The van der Waals surface area contributed by atoms with Crippen LogP contribution in [0.1, 0.15) is 17.5 Å². The number of benzene rings is 2. The van der Waals surface area contributed by atoms with E-state index in [0.29, 0.717) is 18.8 Å². The van der Waals surface area contributed by atoms with E-state index in [1.807, 2.05) is 36.4 Å². The van der Waals surface area contributed by atoms with E-state index in [4.69, 9.17) is 5.26 Å². The van der Waals surface area contributed by atoms with Gasteiger partial charge < -0.3 is 10.6 Å². The Labute approximate surface area is 139 Å². The highest BCUT2D eigenvalue weighted by Gasteiger charge is 2.10. The topological polar surface area (TPSA) is 108 Å². The zero-order chi connectivity index (χ0) is 17.4. The zero-order valence-corrected chi connectivity index (χ0v) is 12.9. The molecule has 7 heteroatoms. The van der Waals surface area contributed by atoms with Crippen LogP contribution in [0.5, 0.6) is 0 Å². The fraction of sp³-hybridized carbons (Fsp3) is 0.176. The molecule has 0 aliphatic heterocycles. The highest BCUT2D eigenvalue weighted by Crippen LogP contribution is 2.21. The molecule has 24 heavy (non-hydrogen) atoms. The van der Waals surface area contributed by atoms with Crippen molar-refractivity contribution in [3.05, 3.63) is 69.8 Å². The molecule has 1 amide bonds. The van der Waals surface area contributed by atoms with Crippen LogP contribution in [-0.4, -0.2) is 17.4 Å². The smallest absolute Gasteiger partial charge is 0.270 e. The number of hydrogen-bond acceptors (Lipinski definition) is 5. The standard InChI is InChI=1S/C17H16N4O3/c18-11-14-10-15(21(23)24)6-7-16(14)19-9-8-17(22)20-12-13-4-2-1-3-5-13/h1-7,10,19H,8-9,12H2,(H,20,22). The SMILES string of the molecule is N#Cc1cc([N+](=O)[O-])ccc1NCCC(=O)NCc1ccccc1. The minimum absolute atomic E-state index is 0.119. The molecule has 0 aromatic heterocycles. The summed E-state index contributed by atoms with van der Waals surface area (Å²) >= 11 is 0. The van der Waals surface area contributed by atoms with Gasteiger partial charge in [0.15, 0.2) is 0 Å². The summed E-state index contributed by atoms with van der Waals surface area (Å²) in [5.41, 5.74) is 1.52. The van der Waals surface area contributed by atoms with E-state index >= 15 is 0 Å². The van der Waals surface area contributed by atoms with Gasteiger partial charge in [0.25, 0.3) is 5.69 Å². The number of hydrogen-bond donors (Lipinski definition) is 2. The van der Waals surface area contributed by atoms with Gasteiger partial charge in [-0.1, -0.05) is 30.3 Å². The van der Waals surface area contributed by atoms with Gasteiger partial charge in [-0.15, -0.1) is 0 Å². The second-order valence-electron chi connectivity index (χ2n) is 5.04. The Kier molecular flexibility index (Phi) is 5.86. The Morgan fingerprint density at radius 3 is 2.62 bits per heavy atom. The second kappa shape index (κ2) is 8.29. The molecule has 122 valence electrons. The van der Waals surface area contributed by atoms with Crippen molar-refractivity contribution in [3.8, 4) is 6.07 Å². The Hall–Kier alpha value is -3.40. The summed E-state index contributed by atoms with van der Waals surface area (Å²) in [6, 6.07) is 15.5. The van der Waals surface area contributed by atoms with Crippen molar-refractivity contribution in [1.29, 1.82) is 5.26 Å². The lowest BCUT2D eigenvalue weighted by molar-refractivity contribution is -0.384. The van der Waals surface area contributed by atoms with Crippen LogP contribution in [0.2, 0.25) is 0 Å². The maximum absolute atomic E-state index is 11.8. The molecule has 0 spiro atoms. The zero-order valence-electron chi connectivity index (χ0n) is 12.9. The quantitative estimate of drug-likeness (QED) is 0.601. The van der Waals surface area contributed by atoms with Gasteiger partial charge in [0, 0.05) is 31.6 Å². The van der Waals surface area contributed by atoms with Gasteiger partial charge >= 0.3 is 0 Å². The molecule has 0 atom stereocenters. The number of carbonyl (C=O) groups is 1. The van der Waals surface area contributed by atoms with E-state index in [2.05, 4.69) is 10.6 Å². The van der Waals surface area contributed by atoms with Crippen LogP contribution >= 0.6 is 0 Å². The number of anilines is 1. The van der Waals surface area contributed by atoms with Crippen LogP contribution in [0.3, 0.4) is 0 Å². The summed E-state index contributed by atoms with van der Waals surface area (Å²) in [7, 11) is 0. The van der Waals surface area contributed by atoms with Crippen LogP contribution < -0.4 is 10.6 Å². The molecular weight excluding hydrogens is 308 g/mol. The number of amides is 1. The average Bonchev–Trinajstić information content (AvgIpc) is 2.61. The molecule has 2 N–H and O–H groups in total. The first kappa shape index (κ1) is 17.0. The molecule has 0 radical (unpaired) electrons. The first-order valence-electron chi connectivity index (χ1n) is 7.33. The molecule has 0 aliphatic carbocycles. The van der Waals surface area contributed by atoms with Gasteiger partial charge in [-0.3, -0.25) is 14.9 Å². The van der Waals surface area contributed by atoms with E-state index in [1.54, 1.807) is 0 Å². The highest BCUT2D eigenvalue weighted by atomic mass is 16.6. The molecule has 2 aromatic rings. The predicted octanol–water partition coefficient (Wildman–Crippen LogP) is 2.58. The van der Waals surface area contributed by atoms with Crippen LogP contribution in [0.4, 0.5) is 11.4 Å². The number of rotatable bonds is 7. The minimum atomic E-state index is -0.554. The van der Waals surface area contributed by atoms with Crippen molar-refractivity contribution in [3.63, 3.8) is 0 Å². The van der Waals surface area contributed by atoms with E-state index in [9.17, 15) is 14.9 Å². The van der Waals surface area contributed by atoms with Gasteiger partial charge in [-0.05, 0) is 11.6 Å². The van der Waals surface area contributed by atoms with Crippen molar-refractivity contribution in [2.24, 2.45) is 0 Å². The monoisotopic (exact) mass is 324 g/mol. The number of non-ortho nitro benzene ring substituents is 1. The summed E-state index contributed by atoms with van der Waals surface area (Å²) in [6.07, 6.45) is 0.231. The lowest BCUT2D eigenvalue weighted by Crippen LogP contribution is -2.24. The lowest BCUT2D eigenvalue weighted by Gasteiger charge is -2.09. The van der Waals surface area contributed by atoms with Crippen molar-refractivity contribution < 1.29 is 9.72 Å². The normalized spacial score (nSPS) is 9.79. The summed E-state index contributed by atoms with van der Waals surface area (Å²) in [5, 5.41) is 25.5. The summed E-state index contributed by atoms with van der Waals surface area (Å²) in [6.45, 7) is 0.785. The predicted molar refractivity (Wildman–Crippen MR) is 89.2 cm³/mol. The first-order valence-corrected chi connectivity index (χ1v) is 7.33. The molecule has 0 saturated carbocycles. The third-order valence-corrected chi connectivity index (χ3v) is 3.33. The van der Waals surface area contributed by atoms with E-state index < -0.39 is 4.92 Å². The molecule has 0 fully saturated rings. The third-order valence-electron chi connectivity index (χ3n) is 3.33. The van der Waals surface area contributed by atoms with Crippen LogP contribution in [0.15, 0.2) is 48.5 Å². The molecule has 7 nitrogen and oxygen atoms in total. The van der Waals surface area contributed by atoms with Crippen LogP contribution in [0.25, 0.3) is 0 Å². The van der Waals surface area contributed by atoms with Crippen LogP contribution in [-0.2, 0) is 11.3 Å². The van der Waals surface area contributed by atoms with Gasteiger partial charge in [0.1, 0.15) is 6.07 Å². The first-order chi connectivity index (χ1) is 11.6. The van der Waals surface area contributed by atoms with Crippen molar-refractivity contribution in [2.75, 3.05) is 11.9 Å². The fourth-order valence-electron chi connectivity index (χ4n) is 2.09. The van der Waals surface area contributed by atoms with Crippen molar-refractivity contribution in [2.45, 2.75) is 13.0 Å². The van der Waals surface area contributed by atoms with Gasteiger partial charge in [-0.2, -0.15) is 5.26 Å². The molecular formula is C17H16N4O3. The molecule has 0 heterocycles. The molecule has 2 rings (SSSR count). The summed E-state index contributed by atoms with van der Waals surface area (Å²) in [4.78, 5) is 21.9. The molecule has 0 saturated heterocycles. The number of nitrogens with zero attached hydrogens (tertiary/aromatic N) is 2. The fourth-order valence-corrected chi connectivity index (χ4v) is 2.09. The largest absolute Gasteiger partial charge is 0.383 e. The molecule has 2 aromatic carbocycles. The van der Waals surface area contributed by atoms with Gasteiger partial charge in [0.2, 0.25) is 5.91 Å². The van der Waals surface area contributed by atoms with Crippen molar-refractivity contribution >= 4 is 17.3 Å². The Balaban J connectivity index is 1.82. The van der Waals surface area contributed by atoms with Gasteiger partial charge in [-0.25, -0.2) is 0 Å².